The molecule has 0 aromatic rings. The number of carbonyl (C=O) groups excluding carboxylic acids is 1. The highest BCUT2D eigenvalue weighted by molar-refractivity contribution is 5.74. The van der Waals surface area contributed by atoms with Crippen molar-refractivity contribution in [1.29, 1.82) is 0 Å². The summed E-state index contributed by atoms with van der Waals surface area (Å²) in [4.78, 5) is 23.2. The summed E-state index contributed by atoms with van der Waals surface area (Å²) in [6, 6.07) is 0. The molecule has 0 spiro atoms. The third-order valence-corrected chi connectivity index (χ3v) is 1.99. The molecule has 1 atom stereocenters. The molecule has 14 heavy (non-hydrogen) atoms. The van der Waals surface area contributed by atoms with Crippen LogP contribution in [0.1, 0.15) is 13.3 Å². The lowest BCUT2D eigenvalue weighted by Crippen LogP contribution is -2.33. The first kappa shape index (κ1) is 10.6. The van der Waals surface area contributed by atoms with Gasteiger partial charge in [-0.2, -0.15) is 0 Å². The van der Waals surface area contributed by atoms with E-state index >= 15 is 0 Å². The Bertz CT molecular complexity index is 276. The summed E-state index contributed by atoms with van der Waals surface area (Å²) >= 11 is 0. The molecular weight excluding hydrogens is 186 g/mol. The molecule has 1 aliphatic rings. The Labute approximate surface area is 82.0 Å². The molecule has 0 aromatic heterocycles. The van der Waals surface area contributed by atoms with E-state index in [1.807, 2.05) is 0 Å². The first-order valence-corrected chi connectivity index (χ1v) is 4.27. The first-order valence-electron chi connectivity index (χ1n) is 4.27. The molecule has 1 N–H and O–H groups in total. The fraction of sp³-hybridized carbons (Fsp3) is 0.556. The van der Waals surface area contributed by atoms with Gasteiger partial charge in [-0.05, 0) is 6.92 Å². The van der Waals surface area contributed by atoms with Crippen LogP contribution in [0.15, 0.2) is 12.7 Å². The van der Waals surface area contributed by atoms with Crippen molar-refractivity contribution in [3.05, 3.63) is 12.7 Å². The predicted molar refractivity (Wildman–Crippen MR) is 48.9 cm³/mol. The van der Waals surface area contributed by atoms with Gasteiger partial charge in [-0.15, -0.1) is 6.58 Å². The van der Waals surface area contributed by atoms with Crippen molar-refractivity contribution in [3.8, 4) is 0 Å². The number of rotatable bonds is 4. The van der Waals surface area contributed by atoms with E-state index < -0.39 is 17.7 Å². The third-order valence-electron chi connectivity index (χ3n) is 1.99. The van der Waals surface area contributed by atoms with E-state index in [9.17, 15) is 9.59 Å². The molecule has 1 unspecified atom stereocenters. The number of amides is 1. The zero-order chi connectivity index (χ0) is 10.8. The monoisotopic (exact) mass is 199 g/mol. The van der Waals surface area contributed by atoms with Crippen LogP contribution >= 0.6 is 0 Å². The molecule has 0 aliphatic carbocycles. The van der Waals surface area contributed by atoms with Crippen molar-refractivity contribution in [1.82, 2.24) is 4.90 Å². The van der Waals surface area contributed by atoms with Gasteiger partial charge in [0.1, 0.15) is 5.60 Å². The topological polar surface area (TPSA) is 66.8 Å². The minimum absolute atomic E-state index is 0.174. The Morgan fingerprint density at radius 3 is 3.00 bits per heavy atom. The van der Waals surface area contributed by atoms with Gasteiger partial charge in [-0.25, -0.2) is 4.79 Å². The van der Waals surface area contributed by atoms with Gasteiger partial charge in [-0.1, -0.05) is 6.08 Å². The SMILES string of the molecule is C=CCN1CC(C)(CC(=O)O)OC1=O. The largest absolute Gasteiger partial charge is 0.481 e. The highest BCUT2D eigenvalue weighted by atomic mass is 16.6. The maximum absolute atomic E-state index is 11.2. The van der Waals surface area contributed by atoms with Crippen LogP contribution in [0.5, 0.6) is 0 Å². The maximum atomic E-state index is 11.2. The quantitative estimate of drug-likeness (QED) is 0.682. The molecule has 0 aromatic carbocycles. The van der Waals surface area contributed by atoms with Gasteiger partial charge in [0.25, 0.3) is 0 Å². The van der Waals surface area contributed by atoms with Gasteiger partial charge in [0.2, 0.25) is 0 Å². The second-order valence-electron chi connectivity index (χ2n) is 3.56. The smallest absolute Gasteiger partial charge is 0.410 e. The summed E-state index contributed by atoms with van der Waals surface area (Å²) in [7, 11) is 0. The lowest BCUT2D eigenvalue weighted by atomic mass is 10.0. The lowest BCUT2D eigenvalue weighted by Gasteiger charge is -2.18. The third kappa shape index (κ3) is 2.25. The number of ether oxygens (including phenoxy) is 1. The minimum atomic E-state index is -0.972. The number of carbonyl (C=O) groups is 2. The number of carboxylic acid groups (broad SMARTS) is 1. The van der Waals surface area contributed by atoms with Gasteiger partial charge in [0.05, 0.1) is 13.0 Å². The molecule has 5 nitrogen and oxygen atoms in total. The molecule has 0 saturated carbocycles. The van der Waals surface area contributed by atoms with Crippen LogP contribution in [-0.2, 0) is 9.53 Å². The molecule has 1 rings (SSSR count). The molecule has 1 saturated heterocycles. The van der Waals surface area contributed by atoms with E-state index in [-0.39, 0.29) is 6.42 Å². The van der Waals surface area contributed by atoms with E-state index in [1.54, 1.807) is 13.0 Å². The van der Waals surface area contributed by atoms with Crippen molar-refractivity contribution in [3.63, 3.8) is 0 Å². The summed E-state index contributed by atoms with van der Waals surface area (Å²) in [6.07, 6.45) is 0.925. The van der Waals surface area contributed by atoms with Crippen molar-refractivity contribution >= 4 is 12.1 Å². The average Bonchev–Trinajstić information content (AvgIpc) is 2.25. The second-order valence-corrected chi connectivity index (χ2v) is 3.56. The van der Waals surface area contributed by atoms with Gasteiger partial charge in [0, 0.05) is 6.54 Å². The Morgan fingerprint density at radius 2 is 2.50 bits per heavy atom. The van der Waals surface area contributed by atoms with Crippen molar-refractivity contribution in [2.75, 3.05) is 13.1 Å². The van der Waals surface area contributed by atoms with Crippen molar-refractivity contribution in [2.24, 2.45) is 0 Å². The summed E-state index contributed by atoms with van der Waals surface area (Å²) in [6.45, 7) is 5.79. The minimum Gasteiger partial charge on any atom is -0.481 e. The van der Waals surface area contributed by atoms with E-state index in [2.05, 4.69) is 6.58 Å². The lowest BCUT2D eigenvalue weighted by molar-refractivity contribution is -0.140. The number of cyclic esters (lactones) is 1. The van der Waals surface area contributed by atoms with Gasteiger partial charge < -0.3 is 14.7 Å². The molecular formula is C9H13NO4. The number of hydrogen-bond acceptors (Lipinski definition) is 3. The number of carboxylic acids is 1. The summed E-state index contributed by atoms with van der Waals surface area (Å²) in [5.41, 5.74) is -0.911. The van der Waals surface area contributed by atoms with Crippen LogP contribution in [-0.4, -0.2) is 40.8 Å². The van der Waals surface area contributed by atoms with E-state index in [1.165, 1.54) is 4.90 Å². The predicted octanol–water partition coefficient (Wildman–Crippen LogP) is 0.858. The highest BCUT2D eigenvalue weighted by Crippen LogP contribution is 2.25. The van der Waals surface area contributed by atoms with Crippen LogP contribution in [0.3, 0.4) is 0 Å². The zero-order valence-electron chi connectivity index (χ0n) is 8.02. The zero-order valence-corrected chi connectivity index (χ0v) is 8.02. The number of hydrogen-bond donors (Lipinski definition) is 1. The maximum Gasteiger partial charge on any atom is 0.410 e. The van der Waals surface area contributed by atoms with Gasteiger partial charge in [-0.3, -0.25) is 4.79 Å². The van der Waals surface area contributed by atoms with Crippen LogP contribution < -0.4 is 0 Å². The van der Waals surface area contributed by atoms with Gasteiger partial charge in [0.15, 0.2) is 0 Å². The Balaban J connectivity index is 2.64. The molecule has 1 amide bonds. The Hall–Kier alpha value is -1.52. The fourth-order valence-electron chi connectivity index (χ4n) is 1.48. The van der Waals surface area contributed by atoms with E-state index in [4.69, 9.17) is 9.84 Å². The van der Waals surface area contributed by atoms with Crippen molar-refractivity contribution in [2.45, 2.75) is 18.9 Å². The van der Waals surface area contributed by atoms with Crippen LogP contribution in [0.2, 0.25) is 0 Å². The fourth-order valence-corrected chi connectivity index (χ4v) is 1.48. The summed E-state index contributed by atoms with van der Waals surface area (Å²) in [5, 5.41) is 8.61. The second kappa shape index (κ2) is 3.69. The van der Waals surface area contributed by atoms with E-state index in [0.717, 1.165) is 0 Å². The standard InChI is InChI=1S/C9H13NO4/c1-3-4-10-6-9(2,5-7(11)12)14-8(10)13/h3H,1,4-6H2,2H3,(H,11,12). The normalized spacial score (nSPS) is 26.1. The summed E-state index contributed by atoms with van der Waals surface area (Å²) < 4.78 is 4.98. The molecule has 1 heterocycles. The molecule has 78 valence electrons. The molecule has 0 bridgehead atoms. The molecule has 5 heteroatoms. The average molecular weight is 199 g/mol. The highest BCUT2D eigenvalue weighted by Gasteiger charge is 2.42. The molecule has 1 fully saturated rings. The van der Waals surface area contributed by atoms with Crippen LogP contribution in [0, 0.1) is 0 Å². The van der Waals surface area contributed by atoms with Crippen LogP contribution in [0.4, 0.5) is 4.79 Å². The van der Waals surface area contributed by atoms with Gasteiger partial charge >= 0.3 is 12.1 Å². The Morgan fingerprint density at radius 1 is 1.86 bits per heavy atom. The molecule has 1 aliphatic heterocycles. The summed E-state index contributed by atoms with van der Waals surface area (Å²) in [5.74, 6) is -0.972. The first-order chi connectivity index (χ1) is 6.47. The Kier molecular flexibility index (Phi) is 2.78. The van der Waals surface area contributed by atoms with Crippen molar-refractivity contribution < 1.29 is 19.4 Å². The molecule has 0 radical (unpaired) electrons. The van der Waals surface area contributed by atoms with E-state index in [0.29, 0.717) is 13.1 Å². The van der Waals surface area contributed by atoms with Crippen LogP contribution in [0.25, 0.3) is 0 Å². The number of nitrogens with zero attached hydrogens (tertiary/aromatic N) is 1. The number of aliphatic carboxylic acids is 1.